The van der Waals surface area contributed by atoms with Crippen LogP contribution in [0.4, 0.5) is 0 Å². The molecule has 1 nitrogen and oxygen atoms in total. The lowest BCUT2D eigenvalue weighted by Gasteiger charge is -2.56. The highest BCUT2D eigenvalue weighted by Gasteiger charge is 2.54. The third kappa shape index (κ3) is 1.83. The predicted octanol–water partition coefficient (Wildman–Crippen LogP) is 4.25. The second-order valence-corrected chi connectivity index (χ2v) is 8.14. The van der Waals surface area contributed by atoms with Gasteiger partial charge in [-0.3, -0.25) is 0 Å². The van der Waals surface area contributed by atoms with Crippen molar-refractivity contribution in [2.75, 3.05) is 0 Å². The minimum Gasteiger partial charge on any atom is -0.393 e. The van der Waals surface area contributed by atoms with Crippen LogP contribution in [0.2, 0.25) is 0 Å². The van der Waals surface area contributed by atoms with Crippen molar-refractivity contribution in [1.82, 2.24) is 0 Å². The molecule has 0 radical (unpaired) electrons. The monoisotopic (exact) mass is 262 g/mol. The van der Waals surface area contributed by atoms with Crippen molar-refractivity contribution in [2.45, 2.75) is 70.8 Å². The van der Waals surface area contributed by atoms with Gasteiger partial charge >= 0.3 is 0 Å². The highest BCUT2D eigenvalue weighted by molar-refractivity contribution is 5.03. The molecule has 4 aliphatic rings. The Bertz CT molecular complexity index is 339. The van der Waals surface area contributed by atoms with E-state index in [9.17, 15) is 5.11 Å². The molecular weight excluding hydrogens is 232 g/mol. The lowest BCUT2D eigenvalue weighted by atomic mass is 9.50. The molecule has 0 amide bonds. The van der Waals surface area contributed by atoms with Gasteiger partial charge in [0.25, 0.3) is 0 Å². The van der Waals surface area contributed by atoms with Gasteiger partial charge in [0, 0.05) is 0 Å². The Kier molecular flexibility index (Phi) is 3.17. The molecule has 0 saturated heterocycles. The quantitative estimate of drug-likeness (QED) is 0.692. The van der Waals surface area contributed by atoms with Gasteiger partial charge < -0.3 is 5.11 Å². The summed E-state index contributed by atoms with van der Waals surface area (Å²) in [5.74, 6) is 5.82. The second kappa shape index (κ2) is 4.76. The van der Waals surface area contributed by atoms with Gasteiger partial charge in [0.15, 0.2) is 0 Å². The van der Waals surface area contributed by atoms with Crippen LogP contribution < -0.4 is 0 Å². The first-order chi connectivity index (χ1) is 9.27. The number of fused-ring (bicyclic) bond motifs is 5. The maximum absolute atomic E-state index is 11.0. The van der Waals surface area contributed by atoms with Gasteiger partial charge in [-0.2, -0.15) is 0 Å². The summed E-state index contributed by atoms with van der Waals surface area (Å²) >= 11 is 0. The number of aliphatic hydroxyl groups is 1. The van der Waals surface area contributed by atoms with Crippen LogP contribution in [0.15, 0.2) is 0 Å². The van der Waals surface area contributed by atoms with Crippen molar-refractivity contribution in [3.05, 3.63) is 0 Å². The summed E-state index contributed by atoms with van der Waals surface area (Å²) in [7, 11) is 0. The Morgan fingerprint density at radius 1 is 0.684 bits per heavy atom. The molecule has 0 aromatic rings. The predicted molar refractivity (Wildman–Crippen MR) is 77.7 cm³/mol. The van der Waals surface area contributed by atoms with E-state index in [1.807, 2.05) is 0 Å². The van der Waals surface area contributed by atoms with E-state index in [2.05, 4.69) is 6.92 Å². The van der Waals surface area contributed by atoms with Gasteiger partial charge in [-0.15, -0.1) is 0 Å². The van der Waals surface area contributed by atoms with Crippen molar-refractivity contribution in [1.29, 1.82) is 0 Å². The summed E-state index contributed by atoms with van der Waals surface area (Å²) in [6.07, 6.45) is 13.0. The van der Waals surface area contributed by atoms with Gasteiger partial charge in [-0.05, 0) is 73.5 Å². The molecular formula is C18H30O. The van der Waals surface area contributed by atoms with Crippen LogP contribution in [0.5, 0.6) is 0 Å². The van der Waals surface area contributed by atoms with E-state index in [1.165, 1.54) is 57.8 Å². The molecule has 4 aliphatic carbocycles. The van der Waals surface area contributed by atoms with Crippen molar-refractivity contribution in [3.63, 3.8) is 0 Å². The number of rotatable bonds is 0. The van der Waals surface area contributed by atoms with E-state index < -0.39 is 0 Å². The fraction of sp³-hybridized carbons (Fsp3) is 1.00. The minimum atomic E-state index is 0.0234. The summed E-state index contributed by atoms with van der Waals surface area (Å²) in [6.45, 7) is 2.36. The summed E-state index contributed by atoms with van der Waals surface area (Å²) in [4.78, 5) is 0. The molecule has 8 atom stereocenters. The maximum atomic E-state index is 11.0. The number of aliphatic hydroxyl groups excluding tert-OH is 1. The standard InChI is InChI=1S/C18H30O/c1-11-13-6-2-3-7-15(13)16-10-9-12-5-4-8-14(12)17(16)18(11)19/h11-19H,2-10H2,1H3/t11-,12?,13?,14?,15?,16?,17?,18?/m1/s1. The lowest BCUT2D eigenvalue weighted by molar-refractivity contribution is -0.131. The summed E-state index contributed by atoms with van der Waals surface area (Å²) < 4.78 is 0. The Balaban J connectivity index is 1.65. The average molecular weight is 262 g/mol. The molecule has 7 unspecified atom stereocenters. The molecule has 0 heterocycles. The van der Waals surface area contributed by atoms with Crippen LogP contribution in [0.3, 0.4) is 0 Å². The SMILES string of the molecule is C[C@H]1C(O)C2C3CCCC3CCC2C2CCCCC21. The zero-order chi connectivity index (χ0) is 13.0. The first kappa shape index (κ1) is 12.7. The van der Waals surface area contributed by atoms with Crippen molar-refractivity contribution in [3.8, 4) is 0 Å². The Labute approximate surface area is 118 Å². The number of hydrogen-bond acceptors (Lipinski definition) is 1. The van der Waals surface area contributed by atoms with E-state index in [4.69, 9.17) is 0 Å². The Morgan fingerprint density at radius 3 is 2.26 bits per heavy atom. The van der Waals surface area contributed by atoms with Crippen LogP contribution in [0.25, 0.3) is 0 Å². The fourth-order valence-electron chi connectivity index (χ4n) is 6.83. The van der Waals surface area contributed by atoms with Gasteiger partial charge in [0.05, 0.1) is 6.10 Å². The molecule has 108 valence electrons. The van der Waals surface area contributed by atoms with E-state index in [0.717, 1.165) is 29.6 Å². The first-order valence-electron chi connectivity index (χ1n) is 8.95. The number of hydrogen-bond donors (Lipinski definition) is 1. The highest BCUT2D eigenvalue weighted by Crippen LogP contribution is 2.59. The third-order valence-corrected chi connectivity index (χ3v) is 7.61. The van der Waals surface area contributed by atoms with E-state index in [1.54, 1.807) is 0 Å². The normalized spacial score (nSPS) is 57.2. The summed E-state index contributed by atoms with van der Waals surface area (Å²) in [5.41, 5.74) is 0. The molecule has 4 saturated carbocycles. The molecule has 0 aliphatic heterocycles. The van der Waals surface area contributed by atoms with Gasteiger partial charge in [-0.25, -0.2) is 0 Å². The molecule has 0 aromatic heterocycles. The molecule has 19 heavy (non-hydrogen) atoms. The largest absolute Gasteiger partial charge is 0.393 e. The molecule has 1 N–H and O–H groups in total. The summed E-state index contributed by atoms with van der Waals surface area (Å²) in [6, 6.07) is 0. The second-order valence-electron chi connectivity index (χ2n) is 8.14. The zero-order valence-corrected chi connectivity index (χ0v) is 12.4. The van der Waals surface area contributed by atoms with Crippen LogP contribution in [0, 0.1) is 41.4 Å². The molecule has 4 rings (SSSR count). The Morgan fingerprint density at radius 2 is 1.42 bits per heavy atom. The molecule has 0 bridgehead atoms. The maximum Gasteiger partial charge on any atom is 0.0602 e. The third-order valence-electron chi connectivity index (χ3n) is 7.61. The Hall–Kier alpha value is -0.0400. The fourth-order valence-corrected chi connectivity index (χ4v) is 6.83. The molecule has 1 heteroatoms. The smallest absolute Gasteiger partial charge is 0.0602 e. The first-order valence-corrected chi connectivity index (χ1v) is 8.95. The summed E-state index contributed by atoms with van der Waals surface area (Å²) in [5, 5.41) is 11.0. The molecule has 0 spiro atoms. The van der Waals surface area contributed by atoms with Crippen LogP contribution in [-0.2, 0) is 0 Å². The van der Waals surface area contributed by atoms with E-state index >= 15 is 0 Å². The van der Waals surface area contributed by atoms with Crippen molar-refractivity contribution < 1.29 is 5.11 Å². The van der Waals surface area contributed by atoms with Crippen molar-refractivity contribution >= 4 is 0 Å². The zero-order valence-electron chi connectivity index (χ0n) is 12.4. The van der Waals surface area contributed by atoms with Crippen molar-refractivity contribution in [2.24, 2.45) is 41.4 Å². The van der Waals surface area contributed by atoms with Crippen LogP contribution >= 0.6 is 0 Å². The van der Waals surface area contributed by atoms with Crippen LogP contribution in [0.1, 0.15) is 64.7 Å². The van der Waals surface area contributed by atoms with Gasteiger partial charge in [0.1, 0.15) is 0 Å². The minimum absolute atomic E-state index is 0.0234. The molecule has 4 fully saturated rings. The van der Waals surface area contributed by atoms with Gasteiger partial charge in [0.2, 0.25) is 0 Å². The van der Waals surface area contributed by atoms with E-state index in [0.29, 0.717) is 11.8 Å². The van der Waals surface area contributed by atoms with Gasteiger partial charge in [-0.1, -0.05) is 32.6 Å². The highest BCUT2D eigenvalue weighted by atomic mass is 16.3. The lowest BCUT2D eigenvalue weighted by Crippen LogP contribution is -2.54. The van der Waals surface area contributed by atoms with Crippen LogP contribution in [-0.4, -0.2) is 11.2 Å². The topological polar surface area (TPSA) is 20.2 Å². The van der Waals surface area contributed by atoms with E-state index in [-0.39, 0.29) is 6.10 Å². The average Bonchev–Trinajstić information content (AvgIpc) is 2.92. The molecule has 0 aromatic carbocycles.